The third-order valence-electron chi connectivity index (χ3n) is 9.72. The molecule has 58 heavy (non-hydrogen) atoms. The van der Waals surface area contributed by atoms with E-state index in [0.717, 1.165) is 64.2 Å². The minimum Gasteiger partial charge on any atom is -0.462 e. The highest BCUT2D eigenvalue weighted by Gasteiger charge is 2.27. The number of carbonyl (C=O) groups excluding carboxylic acids is 2. The Labute approximate surface area is 353 Å². The van der Waals surface area contributed by atoms with E-state index in [1.807, 2.05) is 0 Å². The van der Waals surface area contributed by atoms with Crippen molar-refractivity contribution in [2.24, 2.45) is 0 Å². The average Bonchev–Trinajstić information content (AvgIpc) is 3.21. The molecule has 0 saturated carbocycles. The lowest BCUT2D eigenvalue weighted by Crippen LogP contribution is -2.29. The Morgan fingerprint density at radius 2 is 0.931 bits per heavy atom. The number of phosphoric acid groups is 1. The van der Waals surface area contributed by atoms with Gasteiger partial charge in [0.05, 0.1) is 19.8 Å². The molecule has 0 radical (unpaired) electrons. The van der Waals surface area contributed by atoms with E-state index in [1.54, 1.807) is 0 Å². The van der Waals surface area contributed by atoms with Crippen molar-refractivity contribution >= 4 is 19.8 Å². The molecule has 0 bridgehead atoms. The van der Waals surface area contributed by atoms with Crippen LogP contribution in [-0.2, 0) is 32.7 Å². The zero-order valence-corrected chi connectivity index (χ0v) is 37.6. The van der Waals surface area contributed by atoms with Crippen molar-refractivity contribution in [3.05, 3.63) is 48.6 Å². The van der Waals surface area contributed by atoms with E-state index in [4.69, 9.17) is 23.6 Å². The predicted molar refractivity (Wildman–Crippen MR) is 237 cm³/mol. The number of esters is 2. The van der Waals surface area contributed by atoms with E-state index < -0.39 is 51.8 Å². The van der Waals surface area contributed by atoms with Gasteiger partial charge < -0.3 is 24.6 Å². The summed E-state index contributed by atoms with van der Waals surface area (Å²) in [4.78, 5) is 35.0. The van der Waals surface area contributed by atoms with E-state index in [0.29, 0.717) is 12.8 Å². The monoisotopic (exact) mass is 841 g/mol. The number of hydrogen-bond donors (Lipinski definition) is 3. The van der Waals surface area contributed by atoms with Gasteiger partial charge in [-0.3, -0.25) is 18.6 Å². The number of hydrogen-bond acceptors (Lipinski definition) is 9. The van der Waals surface area contributed by atoms with Gasteiger partial charge in [-0.05, 0) is 51.4 Å². The summed E-state index contributed by atoms with van der Waals surface area (Å²) in [5.74, 6) is -0.956. The third kappa shape index (κ3) is 42.1. The number of ether oxygens (including phenoxy) is 2. The van der Waals surface area contributed by atoms with Crippen LogP contribution in [0.3, 0.4) is 0 Å². The minimum absolute atomic E-state index is 0.147. The first-order valence-electron chi connectivity index (χ1n) is 23.1. The van der Waals surface area contributed by atoms with Crippen LogP contribution in [0.25, 0.3) is 0 Å². The van der Waals surface area contributed by atoms with Crippen molar-refractivity contribution < 1.29 is 47.8 Å². The lowest BCUT2D eigenvalue weighted by molar-refractivity contribution is -0.161. The second-order valence-electron chi connectivity index (χ2n) is 15.4. The van der Waals surface area contributed by atoms with Crippen LogP contribution in [0, 0.1) is 0 Å². The molecule has 338 valence electrons. The van der Waals surface area contributed by atoms with Crippen molar-refractivity contribution in [3.63, 3.8) is 0 Å². The maximum atomic E-state index is 12.6. The number of aliphatic hydroxyl groups excluding tert-OH is 2. The van der Waals surface area contributed by atoms with Crippen LogP contribution in [0.1, 0.15) is 200 Å². The fourth-order valence-electron chi connectivity index (χ4n) is 6.16. The standard InChI is InChI=1S/C47H85O10P/c1-3-5-7-9-11-13-15-17-19-21-23-24-26-28-30-32-34-36-38-46(50)54-42-45(43-56-58(52,53)55-41-44(49)40-48)57-47(51)39-37-35-33-31-29-27-25-22-20-18-16-14-12-10-8-6-4-2/h8,10,14,16,20,22,27,29,44-45,48-49H,3-7,9,11-13,15,17-19,21,23-26,28,30-43H2,1-2H3,(H,52,53)/b10-8+,16-14+,22-20+,29-27+/t44-,45+/m0/s1. The van der Waals surface area contributed by atoms with Gasteiger partial charge in [0, 0.05) is 12.8 Å². The van der Waals surface area contributed by atoms with E-state index >= 15 is 0 Å². The Morgan fingerprint density at radius 1 is 0.517 bits per heavy atom. The second-order valence-corrected chi connectivity index (χ2v) is 16.9. The predicted octanol–water partition coefficient (Wildman–Crippen LogP) is 12.5. The molecule has 0 aromatic heterocycles. The molecule has 3 N–H and O–H groups in total. The van der Waals surface area contributed by atoms with Crippen molar-refractivity contribution in [3.8, 4) is 0 Å². The Morgan fingerprint density at radius 3 is 1.41 bits per heavy atom. The average molecular weight is 841 g/mol. The lowest BCUT2D eigenvalue weighted by Gasteiger charge is -2.20. The van der Waals surface area contributed by atoms with Gasteiger partial charge in [0.25, 0.3) is 0 Å². The molecule has 3 atom stereocenters. The van der Waals surface area contributed by atoms with E-state index in [1.165, 1.54) is 96.3 Å². The summed E-state index contributed by atoms with van der Waals surface area (Å²) < 4.78 is 32.7. The van der Waals surface area contributed by atoms with Gasteiger partial charge in [-0.2, -0.15) is 0 Å². The summed E-state index contributed by atoms with van der Waals surface area (Å²) in [5.41, 5.74) is 0. The quantitative estimate of drug-likeness (QED) is 0.0234. The maximum Gasteiger partial charge on any atom is 0.472 e. The highest BCUT2D eigenvalue weighted by Crippen LogP contribution is 2.43. The first-order valence-corrected chi connectivity index (χ1v) is 24.6. The molecule has 0 aliphatic carbocycles. The van der Waals surface area contributed by atoms with Crippen LogP contribution in [0.2, 0.25) is 0 Å². The smallest absolute Gasteiger partial charge is 0.462 e. The molecule has 0 heterocycles. The molecule has 0 aliphatic rings. The van der Waals surface area contributed by atoms with Gasteiger partial charge in [0.15, 0.2) is 6.10 Å². The summed E-state index contributed by atoms with van der Waals surface area (Å²) in [7, 11) is -4.63. The molecule has 0 aliphatic heterocycles. The van der Waals surface area contributed by atoms with Crippen LogP contribution in [-0.4, -0.2) is 65.7 Å². The van der Waals surface area contributed by atoms with Gasteiger partial charge in [-0.25, -0.2) is 4.57 Å². The zero-order chi connectivity index (χ0) is 42.6. The summed E-state index contributed by atoms with van der Waals surface area (Å²) in [6.07, 6.45) is 46.5. The summed E-state index contributed by atoms with van der Waals surface area (Å²) in [5, 5.41) is 18.4. The van der Waals surface area contributed by atoms with Gasteiger partial charge in [-0.15, -0.1) is 0 Å². The number of phosphoric ester groups is 1. The van der Waals surface area contributed by atoms with E-state index in [2.05, 4.69) is 62.5 Å². The molecule has 0 aromatic rings. The molecular weight excluding hydrogens is 755 g/mol. The number of aliphatic hydroxyl groups is 2. The first kappa shape index (κ1) is 55.9. The molecule has 0 saturated heterocycles. The number of carbonyl (C=O) groups is 2. The van der Waals surface area contributed by atoms with E-state index in [9.17, 15) is 24.2 Å². The largest absolute Gasteiger partial charge is 0.472 e. The SMILES string of the molecule is CCC/C=C/C/C=C/C/C=C/C/C=C/CCCCCC(=O)O[C@H](COC(=O)CCCCCCCCCCCCCCCCCCCC)COP(=O)(O)OC[C@@H](O)CO. The fraction of sp³-hybridized carbons (Fsp3) is 0.787. The Hall–Kier alpha value is -2.07. The zero-order valence-electron chi connectivity index (χ0n) is 36.8. The van der Waals surface area contributed by atoms with E-state index in [-0.39, 0.29) is 19.4 Å². The van der Waals surface area contributed by atoms with Crippen LogP contribution in [0.4, 0.5) is 0 Å². The Balaban J connectivity index is 4.29. The fourth-order valence-corrected chi connectivity index (χ4v) is 6.95. The number of unbranched alkanes of at least 4 members (excludes halogenated alkanes) is 21. The molecule has 0 amide bonds. The number of allylic oxidation sites excluding steroid dienone is 8. The molecule has 0 rings (SSSR count). The van der Waals surface area contributed by atoms with Crippen LogP contribution >= 0.6 is 7.82 Å². The van der Waals surface area contributed by atoms with Gasteiger partial charge in [0.2, 0.25) is 0 Å². The summed E-state index contributed by atoms with van der Waals surface area (Å²) in [6.45, 7) is 2.29. The van der Waals surface area contributed by atoms with Crippen LogP contribution < -0.4 is 0 Å². The minimum atomic E-state index is -4.63. The molecule has 0 aromatic carbocycles. The maximum absolute atomic E-state index is 12.6. The van der Waals surface area contributed by atoms with Crippen LogP contribution in [0.5, 0.6) is 0 Å². The highest BCUT2D eigenvalue weighted by atomic mass is 31.2. The van der Waals surface area contributed by atoms with Gasteiger partial charge >= 0.3 is 19.8 Å². The van der Waals surface area contributed by atoms with Crippen molar-refractivity contribution in [1.29, 1.82) is 0 Å². The topological polar surface area (TPSA) is 149 Å². The third-order valence-corrected chi connectivity index (χ3v) is 10.7. The van der Waals surface area contributed by atoms with Crippen molar-refractivity contribution in [2.45, 2.75) is 212 Å². The lowest BCUT2D eigenvalue weighted by atomic mass is 10.0. The molecule has 1 unspecified atom stereocenters. The Kier molecular flexibility index (Phi) is 41.5. The van der Waals surface area contributed by atoms with Crippen molar-refractivity contribution in [2.75, 3.05) is 26.4 Å². The van der Waals surface area contributed by atoms with Crippen LogP contribution in [0.15, 0.2) is 48.6 Å². The number of rotatable bonds is 43. The molecule has 0 fully saturated rings. The van der Waals surface area contributed by atoms with Gasteiger partial charge in [0.1, 0.15) is 12.7 Å². The summed E-state index contributed by atoms with van der Waals surface area (Å²) in [6, 6.07) is 0. The second kappa shape index (κ2) is 43.0. The molecule has 10 nitrogen and oxygen atoms in total. The molecule has 0 spiro atoms. The van der Waals surface area contributed by atoms with Crippen molar-refractivity contribution in [1.82, 2.24) is 0 Å². The molecule has 11 heteroatoms. The Bertz CT molecular complexity index is 1110. The summed E-state index contributed by atoms with van der Waals surface area (Å²) >= 11 is 0. The molecular formula is C47H85O10P. The first-order chi connectivity index (χ1) is 28.2. The van der Waals surface area contributed by atoms with Gasteiger partial charge in [-0.1, -0.05) is 184 Å². The normalized spacial score (nSPS) is 14.2. The highest BCUT2D eigenvalue weighted by molar-refractivity contribution is 7.47.